The molecule has 0 bridgehead atoms. The number of carbonyl (C=O) groups is 1. The molecule has 0 fully saturated rings. The van der Waals surface area contributed by atoms with Crippen molar-refractivity contribution in [3.63, 3.8) is 0 Å². The number of benzene rings is 3. The van der Waals surface area contributed by atoms with E-state index in [4.69, 9.17) is 14.2 Å². The third-order valence-electron chi connectivity index (χ3n) is 4.48. The van der Waals surface area contributed by atoms with Crippen LogP contribution < -0.4 is 14.2 Å². The maximum absolute atomic E-state index is 12.1. The summed E-state index contributed by atoms with van der Waals surface area (Å²) in [6.45, 7) is 0.418. The molecular formula is C26H23NO4. The van der Waals surface area contributed by atoms with Crippen LogP contribution in [0, 0.1) is 11.3 Å². The van der Waals surface area contributed by atoms with E-state index in [9.17, 15) is 10.1 Å². The average molecular weight is 413 g/mol. The lowest BCUT2D eigenvalue weighted by Crippen LogP contribution is -2.09. The maximum Gasteiger partial charge on any atom is 0.311 e. The molecule has 0 atom stereocenters. The van der Waals surface area contributed by atoms with Crippen molar-refractivity contribution in [1.29, 1.82) is 5.26 Å². The zero-order valence-electron chi connectivity index (χ0n) is 17.3. The Kier molecular flexibility index (Phi) is 7.84. The van der Waals surface area contributed by atoms with Crippen LogP contribution in [0.5, 0.6) is 17.2 Å². The van der Waals surface area contributed by atoms with Gasteiger partial charge in [-0.2, -0.15) is 5.26 Å². The van der Waals surface area contributed by atoms with E-state index in [1.165, 1.54) is 0 Å². The van der Waals surface area contributed by atoms with Crippen molar-refractivity contribution in [2.24, 2.45) is 0 Å². The summed E-state index contributed by atoms with van der Waals surface area (Å²) in [5.41, 5.74) is 2.28. The number of carbonyl (C=O) groups excluding carboxylic acids is 1. The Morgan fingerprint density at radius 1 is 0.903 bits per heavy atom. The first-order valence-electron chi connectivity index (χ1n) is 9.93. The lowest BCUT2D eigenvalue weighted by atomic mass is 10.0. The van der Waals surface area contributed by atoms with E-state index in [1.807, 2.05) is 66.7 Å². The number of hydrogen-bond acceptors (Lipinski definition) is 5. The molecule has 0 unspecified atom stereocenters. The lowest BCUT2D eigenvalue weighted by Gasteiger charge is -2.07. The van der Waals surface area contributed by atoms with E-state index < -0.39 is 0 Å². The van der Waals surface area contributed by atoms with Crippen LogP contribution in [-0.4, -0.2) is 19.7 Å². The molecular weight excluding hydrogens is 390 g/mol. The molecule has 3 rings (SSSR count). The van der Waals surface area contributed by atoms with Crippen molar-refractivity contribution >= 4 is 17.6 Å². The van der Waals surface area contributed by atoms with Crippen molar-refractivity contribution in [2.45, 2.75) is 12.8 Å². The highest BCUT2D eigenvalue weighted by Crippen LogP contribution is 2.20. The Morgan fingerprint density at radius 2 is 1.55 bits per heavy atom. The summed E-state index contributed by atoms with van der Waals surface area (Å²) in [7, 11) is 1.61. The summed E-state index contributed by atoms with van der Waals surface area (Å²) < 4.78 is 16.1. The van der Waals surface area contributed by atoms with Gasteiger partial charge in [-0.1, -0.05) is 42.5 Å². The van der Waals surface area contributed by atoms with E-state index >= 15 is 0 Å². The first-order valence-corrected chi connectivity index (χ1v) is 9.93. The van der Waals surface area contributed by atoms with Gasteiger partial charge in [0.15, 0.2) is 0 Å². The zero-order chi connectivity index (χ0) is 21.9. The molecule has 0 amide bonds. The monoisotopic (exact) mass is 413 g/mol. The molecule has 0 aliphatic heterocycles. The molecule has 3 aromatic rings. The highest BCUT2D eigenvalue weighted by molar-refractivity contribution is 5.89. The summed E-state index contributed by atoms with van der Waals surface area (Å²) >= 11 is 0. The fourth-order valence-corrected chi connectivity index (χ4v) is 2.86. The highest BCUT2D eigenvalue weighted by Gasteiger charge is 2.06. The Labute approximate surface area is 182 Å². The molecule has 0 heterocycles. The highest BCUT2D eigenvalue weighted by atomic mass is 16.5. The van der Waals surface area contributed by atoms with Gasteiger partial charge in [0.05, 0.1) is 25.4 Å². The van der Waals surface area contributed by atoms with Crippen LogP contribution in [0.2, 0.25) is 0 Å². The number of hydrogen-bond donors (Lipinski definition) is 0. The maximum atomic E-state index is 12.1. The number of rotatable bonds is 9. The van der Waals surface area contributed by atoms with Gasteiger partial charge < -0.3 is 14.2 Å². The Morgan fingerprint density at radius 3 is 2.19 bits per heavy atom. The molecule has 0 saturated heterocycles. The van der Waals surface area contributed by atoms with Gasteiger partial charge in [0, 0.05) is 6.42 Å². The molecule has 156 valence electrons. The Bertz CT molecular complexity index is 1050. The number of nitriles is 1. The largest absolute Gasteiger partial charge is 0.497 e. The van der Waals surface area contributed by atoms with Crippen molar-refractivity contribution in [3.8, 4) is 23.3 Å². The van der Waals surface area contributed by atoms with Gasteiger partial charge in [-0.05, 0) is 60.0 Å². The molecule has 0 N–H and O–H groups in total. The summed E-state index contributed by atoms with van der Waals surface area (Å²) in [4.78, 5) is 12.1. The summed E-state index contributed by atoms with van der Waals surface area (Å²) in [6.07, 6.45) is 2.61. The average Bonchev–Trinajstić information content (AvgIpc) is 2.82. The first kappa shape index (κ1) is 21.7. The standard InChI is InChI=1S/C26H23NO4/c1-29-23-13-15-24(16-14-23)30-17-5-8-26(28)31-25-11-9-20(10-12-25)18-22(19-27)21-6-3-2-4-7-21/h2-4,6-7,9-16,18H,5,8,17H2,1H3/b22-18-. The van der Waals surface area contributed by atoms with Gasteiger partial charge in [0.2, 0.25) is 0 Å². The summed E-state index contributed by atoms with van der Waals surface area (Å²) in [6, 6.07) is 26.1. The predicted octanol–water partition coefficient (Wildman–Crippen LogP) is 5.52. The minimum Gasteiger partial charge on any atom is -0.497 e. The number of nitrogens with zero attached hydrogens (tertiary/aromatic N) is 1. The zero-order valence-corrected chi connectivity index (χ0v) is 17.3. The van der Waals surface area contributed by atoms with Gasteiger partial charge in [0.1, 0.15) is 17.2 Å². The fraction of sp³-hybridized carbons (Fsp3) is 0.154. The van der Waals surface area contributed by atoms with E-state index in [-0.39, 0.29) is 12.4 Å². The number of methoxy groups -OCH3 is 1. The topological polar surface area (TPSA) is 68.6 Å². The van der Waals surface area contributed by atoms with Crippen LogP contribution >= 0.6 is 0 Å². The van der Waals surface area contributed by atoms with Gasteiger partial charge >= 0.3 is 5.97 Å². The third kappa shape index (κ3) is 6.76. The minimum absolute atomic E-state index is 0.254. The quantitative estimate of drug-likeness (QED) is 0.152. The van der Waals surface area contributed by atoms with E-state index in [1.54, 1.807) is 25.3 Å². The molecule has 0 saturated carbocycles. The second kappa shape index (κ2) is 11.2. The Balaban J connectivity index is 1.46. The van der Waals surface area contributed by atoms with E-state index in [0.29, 0.717) is 24.4 Å². The van der Waals surface area contributed by atoms with Crippen LogP contribution in [0.25, 0.3) is 11.6 Å². The fourth-order valence-electron chi connectivity index (χ4n) is 2.86. The normalized spacial score (nSPS) is 10.8. The van der Waals surface area contributed by atoms with Crippen molar-refractivity contribution < 1.29 is 19.0 Å². The van der Waals surface area contributed by atoms with Crippen molar-refractivity contribution in [1.82, 2.24) is 0 Å². The molecule has 3 aromatic carbocycles. The van der Waals surface area contributed by atoms with Gasteiger partial charge in [0.25, 0.3) is 0 Å². The summed E-state index contributed by atoms with van der Waals surface area (Å²) in [5.74, 6) is 1.64. The molecule has 0 aliphatic carbocycles. The molecule has 0 spiro atoms. The smallest absolute Gasteiger partial charge is 0.311 e. The SMILES string of the molecule is COc1ccc(OCCCC(=O)Oc2ccc(/C=C(/C#N)c3ccccc3)cc2)cc1. The van der Waals surface area contributed by atoms with Crippen LogP contribution in [0.1, 0.15) is 24.0 Å². The third-order valence-corrected chi connectivity index (χ3v) is 4.48. The van der Waals surface area contributed by atoms with Crippen LogP contribution in [0.4, 0.5) is 0 Å². The van der Waals surface area contributed by atoms with Crippen LogP contribution in [-0.2, 0) is 4.79 Å². The molecule has 31 heavy (non-hydrogen) atoms. The molecule has 5 nitrogen and oxygen atoms in total. The molecule has 0 aliphatic rings. The first-order chi connectivity index (χ1) is 15.2. The minimum atomic E-state index is -0.316. The van der Waals surface area contributed by atoms with Gasteiger partial charge in [-0.25, -0.2) is 0 Å². The van der Waals surface area contributed by atoms with Crippen molar-refractivity contribution in [2.75, 3.05) is 13.7 Å². The second-order valence-corrected chi connectivity index (χ2v) is 6.71. The number of ether oxygens (including phenoxy) is 3. The van der Waals surface area contributed by atoms with Crippen LogP contribution in [0.15, 0.2) is 78.9 Å². The lowest BCUT2D eigenvalue weighted by molar-refractivity contribution is -0.134. The molecule has 0 radical (unpaired) electrons. The van der Waals surface area contributed by atoms with E-state index in [0.717, 1.165) is 22.6 Å². The Hall–Kier alpha value is -4.04. The predicted molar refractivity (Wildman–Crippen MR) is 120 cm³/mol. The summed E-state index contributed by atoms with van der Waals surface area (Å²) in [5, 5.41) is 9.41. The van der Waals surface area contributed by atoms with Crippen molar-refractivity contribution in [3.05, 3.63) is 90.0 Å². The number of allylic oxidation sites excluding steroid dienone is 1. The molecule has 5 heteroatoms. The molecule has 0 aromatic heterocycles. The van der Waals surface area contributed by atoms with Crippen LogP contribution in [0.3, 0.4) is 0 Å². The number of esters is 1. The van der Waals surface area contributed by atoms with E-state index in [2.05, 4.69) is 6.07 Å². The second-order valence-electron chi connectivity index (χ2n) is 6.71. The van der Waals surface area contributed by atoms with Gasteiger partial charge in [-0.3, -0.25) is 4.79 Å². The van der Waals surface area contributed by atoms with Gasteiger partial charge in [-0.15, -0.1) is 0 Å².